The molecule has 3 aliphatic rings. The minimum Gasteiger partial charge on any atom is -0.387 e. The van der Waals surface area contributed by atoms with Crippen LogP contribution in [0, 0.1) is 22.7 Å². The van der Waals surface area contributed by atoms with Crippen molar-refractivity contribution < 1.29 is 14.4 Å². The number of nitrogens with two attached hydrogens (primary N) is 1. The number of hydrogen-bond acceptors (Lipinski definition) is 6. The third kappa shape index (κ3) is 4.95. The standard InChI is InChI=1S/C31H37N7O3/c1-17(37-16-27(39)38-23(15-32)12-22-13-26(22)38)14-31(30(33)34)24-8-6-20(28(40)35-2)10-18(24)4-5-19-11-21(29(41)36-3)7-9-25(19)31/h6-11,17,22-23,26,37H,4-5,12-14,16H2,1-3H3,(H3,33,34)(H,35,40)(H,36,41)/t17-,22-,23?,26+/m1/s1. The number of aryl methyl sites for hydroxylation is 2. The maximum absolute atomic E-state index is 13.1. The molecule has 1 saturated carbocycles. The number of likely N-dealkylation sites (tertiary alicyclic amines) is 1. The number of fused-ring (bicyclic) bond motifs is 3. The van der Waals surface area contributed by atoms with Crippen LogP contribution in [0.2, 0.25) is 0 Å². The lowest BCUT2D eigenvalue weighted by Gasteiger charge is -2.38. The fourth-order valence-electron chi connectivity index (χ4n) is 6.85. The van der Waals surface area contributed by atoms with Crippen molar-refractivity contribution in [1.82, 2.24) is 20.9 Å². The molecule has 0 bridgehead atoms. The molecule has 6 N–H and O–H groups in total. The van der Waals surface area contributed by atoms with Crippen LogP contribution < -0.4 is 21.7 Å². The number of rotatable bonds is 8. The van der Waals surface area contributed by atoms with Crippen LogP contribution in [0.15, 0.2) is 36.4 Å². The number of amides is 3. The molecule has 214 valence electrons. The predicted octanol–water partition coefficient (Wildman–Crippen LogP) is 1.61. The molecule has 10 nitrogen and oxygen atoms in total. The fourth-order valence-corrected chi connectivity index (χ4v) is 6.85. The molecule has 0 radical (unpaired) electrons. The van der Waals surface area contributed by atoms with Gasteiger partial charge in [0.05, 0.1) is 18.0 Å². The molecule has 3 amide bonds. The zero-order valence-electron chi connectivity index (χ0n) is 23.7. The van der Waals surface area contributed by atoms with E-state index in [1.54, 1.807) is 31.1 Å². The minimum atomic E-state index is -1.05. The molecule has 10 heteroatoms. The predicted molar refractivity (Wildman–Crippen MR) is 155 cm³/mol. The molecule has 5 rings (SSSR count). The molecule has 2 aliphatic carbocycles. The van der Waals surface area contributed by atoms with Crippen LogP contribution in [-0.2, 0) is 23.1 Å². The maximum Gasteiger partial charge on any atom is 0.251 e. The number of nitrogens with one attached hydrogen (secondary N) is 4. The molecule has 2 fully saturated rings. The molecule has 41 heavy (non-hydrogen) atoms. The number of carbonyl (C=O) groups excluding carboxylic acids is 3. The van der Waals surface area contributed by atoms with Crippen molar-refractivity contribution >= 4 is 23.6 Å². The second-order valence-electron chi connectivity index (χ2n) is 11.5. The quantitative estimate of drug-likeness (QED) is 0.245. The number of carbonyl (C=O) groups is 3. The summed E-state index contributed by atoms with van der Waals surface area (Å²) < 4.78 is 0. The minimum absolute atomic E-state index is 0.0489. The van der Waals surface area contributed by atoms with Gasteiger partial charge in [-0.3, -0.25) is 19.8 Å². The smallest absolute Gasteiger partial charge is 0.251 e. The van der Waals surface area contributed by atoms with Crippen molar-refractivity contribution in [3.63, 3.8) is 0 Å². The Morgan fingerprint density at radius 1 is 1.05 bits per heavy atom. The summed E-state index contributed by atoms with van der Waals surface area (Å²) in [5.41, 5.74) is 10.00. The summed E-state index contributed by atoms with van der Waals surface area (Å²) in [7, 11) is 3.17. The maximum atomic E-state index is 13.1. The zero-order valence-corrected chi connectivity index (χ0v) is 23.7. The van der Waals surface area contributed by atoms with E-state index in [1.807, 2.05) is 31.2 Å². The normalized spacial score (nSPS) is 22.2. The summed E-state index contributed by atoms with van der Waals surface area (Å²) in [6.45, 7) is 2.05. The van der Waals surface area contributed by atoms with Crippen LogP contribution in [0.1, 0.15) is 69.2 Å². The molecule has 4 atom stereocenters. The van der Waals surface area contributed by atoms with Gasteiger partial charge in [-0.15, -0.1) is 0 Å². The molecule has 1 heterocycles. The number of hydrogen-bond donors (Lipinski definition) is 5. The molecule has 1 aliphatic heterocycles. The molecule has 2 aromatic rings. The van der Waals surface area contributed by atoms with Gasteiger partial charge in [-0.05, 0) is 91.5 Å². The van der Waals surface area contributed by atoms with Crippen molar-refractivity contribution in [2.45, 2.75) is 62.6 Å². The third-order valence-electron chi connectivity index (χ3n) is 8.99. The Hall–Kier alpha value is -4.23. The van der Waals surface area contributed by atoms with Crippen molar-refractivity contribution in [3.05, 3.63) is 69.8 Å². The summed E-state index contributed by atoms with van der Waals surface area (Å²) in [6.07, 6.45) is 3.30. The molecule has 1 unspecified atom stereocenters. The highest BCUT2D eigenvalue weighted by atomic mass is 16.2. The second-order valence-corrected chi connectivity index (χ2v) is 11.5. The van der Waals surface area contributed by atoms with E-state index in [-0.39, 0.29) is 48.2 Å². The molecular weight excluding hydrogens is 518 g/mol. The van der Waals surface area contributed by atoms with E-state index in [9.17, 15) is 19.6 Å². The highest BCUT2D eigenvalue weighted by Gasteiger charge is 2.54. The monoisotopic (exact) mass is 555 g/mol. The van der Waals surface area contributed by atoms with Gasteiger partial charge in [0.15, 0.2) is 0 Å². The third-order valence-corrected chi connectivity index (χ3v) is 8.99. The number of benzene rings is 2. The molecule has 0 aromatic heterocycles. The first kappa shape index (κ1) is 28.3. The Morgan fingerprint density at radius 2 is 1.61 bits per heavy atom. The topological polar surface area (TPSA) is 164 Å². The Balaban J connectivity index is 1.51. The van der Waals surface area contributed by atoms with Gasteiger partial charge in [0.1, 0.15) is 11.9 Å². The lowest BCUT2D eigenvalue weighted by molar-refractivity contribution is -0.131. The highest BCUT2D eigenvalue weighted by molar-refractivity contribution is 5.98. The van der Waals surface area contributed by atoms with Crippen LogP contribution in [0.25, 0.3) is 0 Å². The largest absolute Gasteiger partial charge is 0.387 e. The van der Waals surface area contributed by atoms with Crippen LogP contribution in [0.3, 0.4) is 0 Å². The van der Waals surface area contributed by atoms with E-state index in [2.05, 4.69) is 22.0 Å². The Labute approximate surface area is 240 Å². The summed E-state index contributed by atoms with van der Waals surface area (Å²) >= 11 is 0. The van der Waals surface area contributed by atoms with E-state index in [0.29, 0.717) is 36.3 Å². The van der Waals surface area contributed by atoms with E-state index >= 15 is 0 Å². The summed E-state index contributed by atoms with van der Waals surface area (Å²) in [5, 5.41) is 27.2. The average molecular weight is 556 g/mol. The lowest BCUT2D eigenvalue weighted by Crippen LogP contribution is -2.49. The van der Waals surface area contributed by atoms with Gasteiger partial charge < -0.3 is 26.6 Å². The van der Waals surface area contributed by atoms with Gasteiger partial charge in [-0.1, -0.05) is 12.1 Å². The molecule has 2 aromatic carbocycles. The van der Waals surface area contributed by atoms with E-state index in [1.165, 1.54) is 0 Å². The molecule has 0 spiro atoms. The first-order chi connectivity index (χ1) is 19.6. The van der Waals surface area contributed by atoms with Gasteiger partial charge in [0.25, 0.3) is 11.8 Å². The Kier molecular flexibility index (Phi) is 7.58. The Morgan fingerprint density at radius 3 is 2.10 bits per heavy atom. The first-order valence-electron chi connectivity index (χ1n) is 14.1. The highest BCUT2D eigenvalue weighted by Crippen LogP contribution is 2.48. The number of nitrogens with zero attached hydrogens (tertiary/aromatic N) is 2. The summed E-state index contributed by atoms with van der Waals surface area (Å²) in [5.74, 6) is -0.0900. The molecular formula is C31H37N7O3. The van der Waals surface area contributed by atoms with E-state index in [0.717, 1.165) is 35.1 Å². The van der Waals surface area contributed by atoms with Crippen molar-refractivity contribution in [3.8, 4) is 6.07 Å². The van der Waals surface area contributed by atoms with Crippen LogP contribution >= 0.6 is 0 Å². The van der Waals surface area contributed by atoms with Gasteiger partial charge in [0.2, 0.25) is 5.91 Å². The first-order valence-corrected chi connectivity index (χ1v) is 14.1. The molecule has 1 saturated heterocycles. The number of amidine groups is 1. The van der Waals surface area contributed by atoms with Gasteiger partial charge in [-0.2, -0.15) is 5.26 Å². The van der Waals surface area contributed by atoms with Crippen molar-refractivity contribution in [2.75, 3.05) is 20.6 Å². The average Bonchev–Trinajstić information content (AvgIpc) is 3.67. The zero-order chi connectivity index (χ0) is 29.5. The lowest BCUT2D eigenvalue weighted by atomic mass is 9.67. The van der Waals surface area contributed by atoms with Crippen LogP contribution in [-0.4, -0.2) is 67.2 Å². The summed E-state index contributed by atoms with van der Waals surface area (Å²) in [6, 6.07) is 12.8. The van der Waals surface area contributed by atoms with Crippen molar-refractivity contribution in [2.24, 2.45) is 11.7 Å². The van der Waals surface area contributed by atoms with Gasteiger partial charge >= 0.3 is 0 Å². The van der Waals surface area contributed by atoms with Gasteiger partial charge in [-0.25, -0.2) is 0 Å². The number of piperidine rings is 1. The second kappa shape index (κ2) is 11.0. The summed E-state index contributed by atoms with van der Waals surface area (Å²) in [4.78, 5) is 39.8. The van der Waals surface area contributed by atoms with Crippen LogP contribution in [0.5, 0.6) is 0 Å². The van der Waals surface area contributed by atoms with Crippen molar-refractivity contribution in [1.29, 1.82) is 10.7 Å². The van der Waals surface area contributed by atoms with E-state index < -0.39 is 5.41 Å². The van der Waals surface area contributed by atoms with Crippen LogP contribution in [0.4, 0.5) is 0 Å². The Bertz CT molecular complexity index is 1390. The van der Waals surface area contributed by atoms with E-state index in [4.69, 9.17) is 11.1 Å². The fraction of sp³-hybridized carbons (Fsp3) is 0.452. The SMILES string of the molecule is CNC(=O)c1ccc2c(c1)CCc1cc(C(=O)NC)ccc1C2(C[C@@H](C)NCC(=O)N1C(C#N)C[C@@H]2C[C@@H]21)C(=N)N. The number of nitriles is 1. The van der Waals surface area contributed by atoms with Gasteiger partial charge in [0, 0.05) is 37.3 Å².